The van der Waals surface area contributed by atoms with Gasteiger partial charge in [-0.1, -0.05) is 33.6 Å². The van der Waals surface area contributed by atoms with E-state index in [0.29, 0.717) is 19.0 Å². The molecule has 2 atom stereocenters. The summed E-state index contributed by atoms with van der Waals surface area (Å²) in [4.78, 5) is 14.2. The number of aliphatic carboxylic acids is 1. The van der Waals surface area contributed by atoms with Crippen LogP contribution in [0.4, 0.5) is 0 Å². The van der Waals surface area contributed by atoms with E-state index in [2.05, 4.69) is 17.1 Å². The maximum atomic E-state index is 11.6. The number of carboxylic acid groups (broad SMARTS) is 1. The summed E-state index contributed by atoms with van der Waals surface area (Å²) in [5, 5.41) is 12.8. The van der Waals surface area contributed by atoms with Gasteiger partial charge in [0, 0.05) is 6.04 Å². The average molecular weight is 298 g/mol. The Morgan fingerprint density at radius 1 is 1.29 bits per heavy atom. The maximum Gasteiger partial charge on any atom is 0.323 e. The first kappa shape index (κ1) is 18.4. The lowest BCUT2D eigenvalue weighted by Gasteiger charge is -2.32. The van der Waals surface area contributed by atoms with E-state index in [9.17, 15) is 9.90 Å². The average Bonchev–Trinajstić information content (AvgIpc) is 2.71. The molecule has 0 aromatic heterocycles. The van der Waals surface area contributed by atoms with Crippen LogP contribution < -0.4 is 5.32 Å². The van der Waals surface area contributed by atoms with Crippen molar-refractivity contribution in [2.45, 2.75) is 83.7 Å². The van der Waals surface area contributed by atoms with E-state index in [1.165, 1.54) is 38.6 Å². The fourth-order valence-electron chi connectivity index (χ4n) is 3.64. The van der Waals surface area contributed by atoms with Gasteiger partial charge in [-0.25, -0.2) is 0 Å². The number of hydrogen-bond donors (Lipinski definition) is 2. The van der Waals surface area contributed by atoms with Gasteiger partial charge in [0.2, 0.25) is 0 Å². The van der Waals surface area contributed by atoms with Crippen molar-refractivity contribution in [3.05, 3.63) is 0 Å². The summed E-state index contributed by atoms with van der Waals surface area (Å²) in [5.41, 5.74) is -0.734. The molecule has 1 rings (SSSR count). The van der Waals surface area contributed by atoms with Crippen molar-refractivity contribution in [2.24, 2.45) is 0 Å². The Labute approximate surface area is 130 Å². The molecule has 0 bridgehead atoms. The van der Waals surface area contributed by atoms with Gasteiger partial charge in [0.05, 0.1) is 0 Å². The molecule has 1 aliphatic rings. The van der Waals surface area contributed by atoms with Gasteiger partial charge in [-0.2, -0.15) is 0 Å². The third-order valence-corrected chi connectivity index (χ3v) is 5.05. The third kappa shape index (κ3) is 5.26. The number of nitrogens with one attached hydrogen (secondary N) is 1. The van der Waals surface area contributed by atoms with Crippen molar-refractivity contribution < 1.29 is 9.90 Å². The van der Waals surface area contributed by atoms with Gasteiger partial charge >= 0.3 is 5.97 Å². The Bertz CT molecular complexity index is 309. The summed E-state index contributed by atoms with van der Waals surface area (Å²) < 4.78 is 0. The van der Waals surface area contributed by atoms with Crippen LogP contribution in [0.2, 0.25) is 0 Å². The Balaban J connectivity index is 2.53. The van der Waals surface area contributed by atoms with Crippen molar-refractivity contribution in [1.29, 1.82) is 0 Å². The van der Waals surface area contributed by atoms with Crippen molar-refractivity contribution >= 4 is 5.97 Å². The van der Waals surface area contributed by atoms with Crippen LogP contribution >= 0.6 is 0 Å². The van der Waals surface area contributed by atoms with Crippen molar-refractivity contribution in [3.8, 4) is 0 Å². The van der Waals surface area contributed by atoms with Gasteiger partial charge in [0.1, 0.15) is 5.54 Å². The smallest absolute Gasteiger partial charge is 0.323 e. The quantitative estimate of drug-likeness (QED) is 0.686. The van der Waals surface area contributed by atoms with Crippen LogP contribution in [0.5, 0.6) is 0 Å². The second-order valence-corrected chi connectivity index (χ2v) is 6.32. The molecule has 4 nitrogen and oxygen atoms in total. The number of likely N-dealkylation sites (tertiary alicyclic amines) is 1. The van der Waals surface area contributed by atoms with Gasteiger partial charge in [0.15, 0.2) is 0 Å². The SMILES string of the molecule is CCNC(CC)(CCCN1CCCCCC1CC)C(=O)O. The fraction of sp³-hybridized carbons (Fsp3) is 0.941. The topological polar surface area (TPSA) is 52.6 Å². The molecule has 2 unspecified atom stereocenters. The molecule has 1 saturated heterocycles. The van der Waals surface area contributed by atoms with Crippen LogP contribution in [0.1, 0.15) is 72.1 Å². The van der Waals surface area contributed by atoms with Crippen LogP contribution in [0.25, 0.3) is 0 Å². The first-order valence-corrected chi connectivity index (χ1v) is 8.82. The Morgan fingerprint density at radius 3 is 2.62 bits per heavy atom. The predicted molar refractivity (Wildman–Crippen MR) is 87.7 cm³/mol. The van der Waals surface area contributed by atoms with E-state index < -0.39 is 11.5 Å². The number of nitrogens with zero attached hydrogens (tertiary/aromatic N) is 1. The lowest BCUT2D eigenvalue weighted by atomic mass is 9.90. The minimum atomic E-state index is -0.734. The fourth-order valence-corrected chi connectivity index (χ4v) is 3.64. The van der Waals surface area contributed by atoms with E-state index in [0.717, 1.165) is 19.4 Å². The minimum Gasteiger partial charge on any atom is -0.480 e. The van der Waals surface area contributed by atoms with Gasteiger partial charge in [-0.3, -0.25) is 4.79 Å². The number of likely N-dealkylation sites (N-methyl/N-ethyl adjacent to an activating group) is 1. The molecule has 0 radical (unpaired) electrons. The highest BCUT2D eigenvalue weighted by Crippen LogP contribution is 2.22. The normalized spacial score (nSPS) is 23.5. The lowest BCUT2D eigenvalue weighted by molar-refractivity contribution is -0.145. The molecule has 1 fully saturated rings. The maximum absolute atomic E-state index is 11.6. The molecule has 0 aromatic rings. The standard InChI is InChI=1S/C17H34N2O2/c1-4-15-11-8-7-9-13-19(15)14-10-12-17(5-2,16(20)21)18-6-3/h15,18H,4-14H2,1-3H3,(H,20,21). The number of hydrogen-bond acceptors (Lipinski definition) is 3. The highest BCUT2D eigenvalue weighted by Gasteiger charge is 2.35. The summed E-state index contributed by atoms with van der Waals surface area (Å²) in [7, 11) is 0. The van der Waals surface area contributed by atoms with Gasteiger partial charge in [0.25, 0.3) is 0 Å². The predicted octanol–water partition coefficient (Wildman–Crippen LogP) is 3.26. The zero-order valence-electron chi connectivity index (χ0n) is 14.2. The Hall–Kier alpha value is -0.610. The van der Waals surface area contributed by atoms with Crippen LogP contribution in [-0.2, 0) is 4.79 Å². The van der Waals surface area contributed by atoms with E-state index >= 15 is 0 Å². The molecular formula is C17H34N2O2. The molecule has 0 aromatic carbocycles. The van der Waals surface area contributed by atoms with Gasteiger partial charge < -0.3 is 15.3 Å². The number of carbonyl (C=O) groups is 1. The molecule has 124 valence electrons. The van der Waals surface area contributed by atoms with Crippen molar-refractivity contribution in [3.63, 3.8) is 0 Å². The van der Waals surface area contributed by atoms with E-state index in [-0.39, 0.29) is 0 Å². The summed E-state index contributed by atoms with van der Waals surface area (Å²) in [6.45, 7) is 9.16. The van der Waals surface area contributed by atoms with E-state index in [1.807, 2.05) is 13.8 Å². The summed E-state index contributed by atoms with van der Waals surface area (Å²) in [6, 6.07) is 0.701. The molecular weight excluding hydrogens is 264 g/mol. The molecule has 1 aliphatic heterocycles. The highest BCUT2D eigenvalue weighted by atomic mass is 16.4. The van der Waals surface area contributed by atoms with Crippen molar-refractivity contribution in [1.82, 2.24) is 10.2 Å². The lowest BCUT2D eigenvalue weighted by Crippen LogP contribution is -2.52. The summed E-state index contributed by atoms with van der Waals surface area (Å²) in [6.07, 6.45) is 8.84. The van der Waals surface area contributed by atoms with Crippen LogP contribution in [0.3, 0.4) is 0 Å². The zero-order valence-corrected chi connectivity index (χ0v) is 14.2. The van der Waals surface area contributed by atoms with Crippen LogP contribution in [0, 0.1) is 0 Å². The number of rotatable bonds is 9. The Kier molecular flexibility index (Phi) is 8.27. The third-order valence-electron chi connectivity index (χ3n) is 5.05. The van der Waals surface area contributed by atoms with Gasteiger partial charge in [-0.05, 0) is 58.2 Å². The Morgan fingerprint density at radius 2 is 2.05 bits per heavy atom. The second kappa shape index (κ2) is 9.42. The molecule has 0 amide bonds. The number of carboxylic acids is 1. The van der Waals surface area contributed by atoms with Crippen molar-refractivity contribution in [2.75, 3.05) is 19.6 Å². The summed E-state index contributed by atoms with van der Waals surface area (Å²) in [5.74, 6) is -0.699. The van der Waals surface area contributed by atoms with Crippen LogP contribution in [0.15, 0.2) is 0 Å². The molecule has 4 heteroatoms. The van der Waals surface area contributed by atoms with Gasteiger partial charge in [-0.15, -0.1) is 0 Å². The van der Waals surface area contributed by atoms with E-state index in [1.54, 1.807) is 0 Å². The molecule has 2 N–H and O–H groups in total. The first-order valence-electron chi connectivity index (χ1n) is 8.82. The minimum absolute atomic E-state index is 0.646. The first-order chi connectivity index (χ1) is 10.1. The largest absolute Gasteiger partial charge is 0.480 e. The molecule has 0 saturated carbocycles. The van der Waals surface area contributed by atoms with E-state index in [4.69, 9.17) is 0 Å². The van der Waals surface area contributed by atoms with Crippen LogP contribution in [-0.4, -0.2) is 47.2 Å². The highest BCUT2D eigenvalue weighted by molar-refractivity contribution is 5.78. The molecule has 0 aliphatic carbocycles. The summed E-state index contributed by atoms with van der Waals surface area (Å²) >= 11 is 0. The molecule has 1 heterocycles. The monoisotopic (exact) mass is 298 g/mol. The molecule has 0 spiro atoms. The zero-order chi connectivity index (χ0) is 15.7. The molecule has 21 heavy (non-hydrogen) atoms. The second-order valence-electron chi connectivity index (χ2n) is 6.32.